The van der Waals surface area contributed by atoms with E-state index in [0.717, 1.165) is 50.8 Å². The first-order chi connectivity index (χ1) is 15.7. The van der Waals surface area contributed by atoms with Crippen LogP contribution in [0.3, 0.4) is 0 Å². The molecule has 34 heavy (non-hydrogen) atoms. The van der Waals surface area contributed by atoms with Gasteiger partial charge in [-0.1, -0.05) is 27.4 Å². The zero-order chi connectivity index (χ0) is 26.2. The second-order valence-electron chi connectivity index (χ2n) is 10.8. The van der Waals surface area contributed by atoms with Crippen molar-refractivity contribution < 1.29 is 22.7 Å². The van der Waals surface area contributed by atoms with Crippen molar-refractivity contribution >= 4 is 5.78 Å². The second-order valence-corrected chi connectivity index (χ2v) is 10.8. The van der Waals surface area contributed by atoms with Gasteiger partial charge in [0.1, 0.15) is 6.10 Å². The van der Waals surface area contributed by atoms with Gasteiger partial charge in [0, 0.05) is 30.4 Å². The van der Waals surface area contributed by atoms with Gasteiger partial charge in [0.15, 0.2) is 5.78 Å². The van der Waals surface area contributed by atoms with E-state index in [4.69, 9.17) is 4.74 Å². The number of nitrogens with zero attached hydrogens (tertiary/aromatic N) is 2. The lowest BCUT2D eigenvalue weighted by Gasteiger charge is -2.48. The minimum Gasteiger partial charge on any atom is -0.370 e. The van der Waals surface area contributed by atoms with E-state index in [1.165, 1.54) is 6.92 Å². The molecule has 2 rings (SSSR count). The maximum atomic E-state index is 13.1. The van der Waals surface area contributed by atoms with Gasteiger partial charge in [0.25, 0.3) is 0 Å². The van der Waals surface area contributed by atoms with E-state index >= 15 is 0 Å². The number of ketones is 1. The highest BCUT2D eigenvalue weighted by atomic mass is 19.4. The van der Waals surface area contributed by atoms with Crippen LogP contribution in [0.5, 0.6) is 0 Å². The molecule has 1 aliphatic heterocycles. The van der Waals surface area contributed by atoms with E-state index in [2.05, 4.69) is 39.2 Å². The van der Waals surface area contributed by atoms with Crippen LogP contribution >= 0.6 is 0 Å². The first-order valence-electron chi connectivity index (χ1n) is 13.0. The summed E-state index contributed by atoms with van der Waals surface area (Å²) in [6, 6.07) is 0.879. The van der Waals surface area contributed by atoms with E-state index in [1.54, 1.807) is 6.92 Å². The van der Waals surface area contributed by atoms with Crippen molar-refractivity contribution in [3.63, 3.8) is 0 Å². The van der Waals surface area contributed by atoms with Crippen molar-refractivity contribution in [1.29, 1.82) is 0 Å². The Morgan fingerprint density at radius 2 is 1.76 bits per heavy atom. The van der Waals surface area contributed by atoms with Gasteiger partial charge in [-0.05, 0) is 91.6 Å². The van der Waals surface area contributed by atoms with Crippen LogP contribution in [0.1, 0.15) is 86.5 Å². The third kappa shape index (κ3) is 9.18. The van der Waals surface area contributed by atoms with Gasteiger partial charge in [0.2, 0.25) is 0 Å². The number of alkyl halides is 3. The summed E-state index contributed by atoms with van der Waals surface area (Å²) in [6.07, 6.45) is 2.06. The lowest BCUT2D eigenvalue weighted by molar-refractivity contribution is -0.175. The molecule has 0 spiro atoms. The van der Waals surface area contributed by atoms with E-state index in [9.17, 15) is 18.0 Å². The number of rotatable bonds is 9. The molecule has 2 fully saturated rings. The molecule has 0 radical (unpaired) electrons. The van der Waals surface area contributed by atoms with Gasteiger partial charge >= 0.3 is 6.18 Å². The molecule has 7 atom stereocenters. The van der Waals surface area contributed by atoms with Crippen molar-refractivity contribution in [2.45, 2.75) is 117 Å². The Hall–Kier alpha value is -1.08. The topological polar surface area (TPSA) is 32.8 Å². The SMILES string of the molecule is C=C(C)N(C(C)CC)C1CCC(C(CC(C)C(F)(F)F)N(C)C)CC1C.CC(=O)C1CCCO1. The van der Waals surface area contributed by atoms with E-state index in [-0.39, 0.29) is 24.3 Å². The Kier molecular flexibility index (Phi) is 12.6. The van der Waals surface area contributed by atoms with Gasteiger partial charge in [-0.25, -0.2) is 0 Å². The van der Waals surface area contributed by atoms with Crippen molar-refractivity contribution in [3.05, 3.63) is 12.3 Å². The van der Waals surface area contributed by atoms with E-state index in [0.29, 0.717) is 23.9 Å². The lowest BCUT2D eigenvalue weighted by atomic mass is 9.73. The summed E-state index contributed by atoms with van der Waals surface area (Å²) < 4.78 is 44.3. The molecule has 200 valence electrons. The fourth-order valence-corrected chi connectivity index (χ4v) is 5.59. The molecule has 2 aliphatic rings. The zero-order valence-electron chi connectivity index (χ0n) is 22.8. The number of ether oxygens (including phenoxy) is 1. The first-order valence-corrected chi connectivity index (χ1v) is 13.0. The summed E-state index contributed by atoms with van der Waals surface area (Å²) in [5.41, 5.74) is 1.10. The largest absolute Gasteiger partial charge is 0.391 e. The van der Waals surface area contributed by atoms with Crippen LogP contribution in [-0.4, -0.2) is 66.7 Å². The molecular weight excluding hydrogens is 441 g/mol. The minimum absolute atomic E-state index is 0.0168. The second kappa shape index (κ2) is 13.9. The molecule has 0 aromatic carbocycles. The van der Waals surface area contributed by atoms with Gasteiger partial charge in [-0.2, -0.15) is 13.2 Å². The van der Waals surface area contributed by atoms with Crippen molar-refractivity contribution in [2.75, 3.05) is 20.7 Å². The van der Waals surface area contributed by atoms with Crippen LogP contribution in [0, 0.1) is 17.8 Å². The smallest absolute Gasteiger partial charge is 0.370 e. The van der Waals surface area contributed by atoms with Gasteiger partial charge < -0.3 is 14.5 Å². The number of Topliss-reactive ketones (excluding diaryl/α,β-unsaturated/α-hetero) is 1. The average Bonchev–Trinajstić information content (AvgIpc) is 3.27. The summed E-state index contributed by atoms with van der Waals surface area (Å²) in [5, 5.41) is 0. The fourth-order valence-electron chi connectivity index (χ4n) is 5.59. The zero-order valence-corrected chi connectivity index (χ0v) is 22.8. The Morgan fingerprint density at radius 3 is 2.12 bits per heavy atom. The Bertz CT molecular complexity index is 632. The fraction of sp³-hybridized carbons (Fsp3) is 0.889. The van der Waals surface area contributed by atoms with Crippen LogP contribution in [0.15, 0.2) is 12.3 Å². The molecule has 4 nitrogen and oxygen atoms in total. The van der Waals surface area contributed by atoms with Gasteiger partial charge in [-0.3, -0.25) is 4.79 Å². The van der Waals surface area contributed by atoms with Crippen LogP contribution in [-0.2, 0) is 9.53 Å². The third-order valence-corrected chi connectivity index (χ3v) is 7.77. The van der Waals surface area contributed by atoms with Crippen LogP contribution < -0.4 is 0 Å². The number of allylic oxidation sites excluding steroid dienone is 1. The van der Waals surface area contributed by atoms with Gasteiger partial charge in [-0.15, -0.1) is 0 Å². The summed E-state index contributed by atoms with van der Waals surface area (Å²) in [7, 11) is 3.84. The quantitative estimate of drug-likeness (QED) is 0.360. The molecule has 1 aliphatic carbocycles. The Labute approximate surface area is 206 Å². The number of carbonyl (C=O) groups is 1. The monoisotopic (exact) mass is 490 g/mol. The molecule has 0 amide bonds. The first kappa shape index (κ1) is 31.0. The van der Waals surface area contributed by atoms with Crippen molar-refractivity contribution in [3.8, 4) is 0 Å². The summed E-state index contributed by atoms with van der Waals surface area (Å²) in [4.78, 5) is 15.0. The predicted molar refractivity (Wildman–Crippen MR) is 134 cm³/mol. The molecule has 7 unspecified atom stereocenters. The highest BCUT2D eigenvalue weighted by Gasteiger charge is 2.41. The number of hydrogen-bond acceptors (Lipinski definition) is 4. The lowest BCUT2D eigenvalue weighted by Crippen LogP contribution is -2.49. The molecule has 1 saturated carbocycles. The standard InChI is InChI=1S/C21H39F3N2.C6H10O2/c1-9-17(6)26(14(2)3)19-11-10-18(12-15(19)4)20(25(7)8)13-16(5)21(22,23)24;1-5(7)6-3-2-4-8-6/h15-20H,2,9-13H2,1,3-8H3;6H,2-4H2,1H3. The molecule has 0 N–H and O–H groups in total. The molecule has 1 saturated heterocycles. The van der Waals surface area contributed by atoms with Gasteiger partial charge in [0.05, 0.1) is 5.92 Å². The van der Waals surface area contributed by atoms with Crippen LogP contribution in [0.25, 0.3) is 0 Å². The minimum atomic E-state index is -4.11. The Morgan fingerprint density at radius 1 is 1.15 bits per heavy atom. The number of hydrogen-bond donors (Lipinski definition) is 0. The van der Waals surface area contributed by atoms with E-state index in [1.807, 2.05) is 19.0 Å². The molecule has 1 heterocycles. The maximum absolute atomic E-state index is 13.1. The number of halogens is 3. The highest BCUT2D eigenvalue weighted by molar-refractivity contribution is 5.80. The summed E-state index contributed by atoms with van der Waals surface area (Å²) in [6.45, 7) is 16.6. The van der Waals surface area contributed by atoms with Crippen LogP contribution in [0.4, 0.5) is 13.2 Å². The van der Waals surface area contributed by atoms with Crippen molar-refractivity contribution in [2.24, 2.45) is 17.8 Å². The number of carbonyl (C=O) groups excluding carboxylic acids is 1. The summed E-state index contributed by atoms with van der Waals surface area (Å²) >= 11 is 0. The summed E-state index contributed by atoms with van der Waals surface area (Å²) in [5.74, 6) is -0.300. The average molecular weight is 491 g/mol. The molecule has 0 aromatic rings. The maximum Gasteiger partial charge on any atom is 0.391 e. The normalized spacial score (nSPS) is 28.0. The molecular formula is C27H49F3N2O2. The third-order valence-electron chi connectivity index (χ3n) is 7.77. The van der Waals surface area contributed by atoms with E-state index < -0.39 is 12.1 Å². The van der Waals surface area contributed by atoms with Crippen LogP contribution in [0.2, 0.25) is 0 Å². The molecule has 0 aromatic heterocycles. The predicted octanol–water partition coefficient (Wildman–Crippen LogP) is 6.70. The highest BCUT2D eigenvalue weighted by Crippen LogP contribution is 2.40. The Balaban J connectivity index is 0.000000605. The van der Waals surface area contributed by atoms with Crippen molar-refractivity contribution in [1.82, 2.24) is 9.80 Å². The molecule has 7 heteroatoms. The molecule has 0 bridgehead atoms.